The molecule has 1 aromatic carbocycles. The van der Waals surface area contributed by atoms with Gasteiger partial charge in [0.2, 0.25) is 5.76 Å². The van der Waals surface area contributed by atoms with E-state index in [1.807, 2.05) is 0 Å². The fourth-order valence-corrected chi connectivity index (χ4v) is 1.52. The molecule has 0 saturated heterocycles. The third-order valence-corrected chi connectivity index (χ3v) is 2.47. The highest BCUT2D eigenvalue weighted by Gasteiger charge is 2.14. The Hall–Kier alpha value is -2.70. The Balaban J connectivity index is 2.02. The van der Waals surface area contributed by atoms with Gasteiger partial charge in [-0.25, -0.2) is 13.6 Å². The van der Waals surface area contributed by atoms with Gasteiger partial charge in [0.1, 0.15) is 17.4 Å². The van der Waals surface area contributed by atoms with Crippen LogP contribution < -0.4 is 5.32 Å². The molecule has 0 aliphatic rings. The van der Waals surface area contributed by atoms with Crippen LogP contribution in [0.4, 0.5) is 8.78 Å². The second kappa shape index (κ2) is 5.52. The Morgan fingerprint density at radius 3 is 2.55 bits per heavy atom. The van der Waals surface area contributed by atoms with E-state index in [1.54, 1.807) is 0 Å². The summed E-state index contributed by atoms with van der Waals surface area (Å²) < 4.78 is 30.9. The van der Waals surface area contributed by atoms with Crippen LogP contribution in [0.25, 0.3) is 0 Å². The number of rotatable bonds is 4. The van der Waals surface area contributed by atoms with Gasteiger partial charge in [0.05, 0.1) is 12.1 Å². The van der Waals surface area contributed by atoms with Crippen LogP contribution >= 0.6 is 0 Å². The Bertz CT molecular complexity index is 666. The predicted molar refractivity (Wildman–Crippen MR) is 63.2 cm³/mol. The lowest BCUT2D eigenvalue weighted by atomic mass is 10.2. The molecular formula is C13H9F2NO4. The third kappa shape index (κ3) is 3.00. The monoisotopic (exact) mass is 281 g/mol. The number of amides is 1. The van der Waals surface area contributed by atoms with Crippen molar-refractivity contribution < 1.29 is 27.9 Å². The molecule has 0 aliphatic heterocycles. The van der Waals surface area contributed by atoms with Crippen molar-refractivity contribution in [2.45, 2.75) is 6.54 Å². The SMILES string of the molecule is O=C(O)c1ccc(CNC(=O)c2ccc(F)cc2F)o1. The summed E-state index contributed by atoms with van der Waals surface area (Å²) in [6.45, 7) is -0.108. The van der Waals surface area contributed by atoms with Crippen molar-refractivity contribution >= 4 is 11.9 Å². The average Bonchev–Trinajstić information content (AvgIpc) is 2.85. The highest BCUT2D eigenvalue weighted by molar-refractivity contribution is 5.94. The van der Waals surface area contributed by atoms with Gasteiger partial charge in [0.15, 0.2) is 0 Å². The number of carboxylic acid groups (broad SMARTS) is 1. The summed E-state index contributed by atoms with van der Waals surface area (Å²) in [4.78, 5) is 22.2. The Morgan fingerprint density at radius 1 is 1.20 bits per heavy atom. The Kier molecular flexibility index (Phi) is 3.79. The van der Waals surface area contributed by atoms with Crippen LogP contribution in [0.15, 0.2) is 34.7 Å². The van der Waals surface area contributed by atoms with Gasteiger partial charge in [0.25, 0.3) is 5.91 Å². The lowest BCUT2D eigenvalue weighted by Crippen LogP contribution is -2.23. The fraction of sp³-hybridized carbons (Fsp3) is 0.0769. The van der Waals surface area contributed by atoms with Crippen molar-refractivity contribution in [1.82, 2.24) is 5.32 Å². The molecule has 1 amide bonds. The highest BCUT2D eigenvalue weighted by atomic mass is 19.1. The number of benzene rings is 1. The molecule has 0 radical (unpaired) electrons. The van der Waals surface area contributed by atoms with Gasteiger partial charge >= 0.3 is 5.97 Å². The topological polar surface area (TPSA) is 79.5 Å². The molecule has 7 heteroatoms. The molecule has 1 aromatic heterocycles. The number of hydrogen-bond donors (Lipinski definition) is 2. The minimum atomic E-state index is -1.23. The number of hydrogen-bond acceptors (Lipinski definition) is 3. The predicted octanol–water partition coefficient (Wildman–Crippen LogP) is 2.19. The van der Waals surface area contributed by atoms with Crippen LogP contribution in [0.3, 0.4) is 0 Å². The molecule has 0 spiro atoms. The maximum absolute atomic E-state index is 13.3. The van der Waals surface area contributed by atoms with Gasteiger partial charge in [-0.1, -0.05) is 0 Å². The fourth-order valence-electron chi connectivity index (χ4n) is 1.52. The first kappa shape index (κ1) is 13.7. The highest BCUT2D eigenvalue weighted by Crippen LogP contribution is 2.11. The van der Waals surface area contributed by atoms with E-state index in [4.69, 9.17) is 9.52 Å². The second-order valence-electron chi connectivity index (χ2n) is 3.88. The van der Waals surface area contributed by atoms with Crippen molar-refractivity contribution in [2.24, 2.45) is 0 Å². The molecule has 104 valence electrons. The van der Waals surface area contributed by atoms with Crippen LogP contribution in [0.5, 0.6) is 0 Å². The number of carboxylic acids is 1. The summed E-state index contributed by atoms with van der Waals surface area (Å²) >= 11 is 0. The standard InChI is InChI=1S/C13H9F2NO4/c14-7-1-3-9(10(15)5-7)12(17)16-6-8-2-4-11(20-8)13(18)19/h1-5H,6H2,(H,16,17)(H,18,19). The van der Waals surface area contributed by atoms with Gasteiger partial charge in [0, 0.05) is 6.07 Å². The molecule has 2 rings (SSSR count). The van der Waals surface area contributed by atoms with E-state index in [9.17, 15) is 18.4 Å². The Morgan fingerprint density at radius 2 is 1.95 bits per heavy atom. The first-order chi connectivity index (χ1) is 9.47. The van der Waals surface area contributed by atoms with E-state index in [0.717, 1.165) is 12.1 Å². The summed E-state index contributed by atoms with van der Waals surface area (Å²) in [6.07, 6.45) is 0. The van der Waals surface area contributed by atoms with Gasteiger partial charge in [-0.2, -0.15) is 0 Å². The van der Waals surface area contributed by atoms with Crippen molar-refractivity contribution in [3.63, 3.8) is 0 Å². The van der Waals surface area contributed by atoms with E-state index >= 15 is 0 Å². The summed E-state index contributed by atoms with van der Waals surface area (Å²) in [5.74, 6) is -3.80. The van der Waals surface area contributed by atoms with Crippen LogP contribution in [0.2, 0.25) is 0 Å². The van der Waals surface area contributed by atoms with E-state index in [2.05, 4.69) is 5.32 Å². The number of halogens is 2. The maximum atomic E-state index is 13.3. The van der Waals surface area contributed by atoms with E-state index < -0.39 is 23.5 Å². The number of aromatic carboxylic acids is 1. The zero-order valence-corrected chi connectivity index (χ0v) is 10.0. The number of furan rings is 1. The Labute approximate surface area is 111 Å². The average molecular weight is 281 g/mol. The minimum Gasteiger partial charge on any atom is -0.475 e. The molecule has 2 aromatic rings. The van der Waals surface area contributed by atoms with Gasteiger partial charge in [-0.05, 0) is 24.3 Å². The molecule has 0 aliphatic carbocycles. The number of carbonyl (C=O) groups is 2. The minimum absolute atomic E-state index is 0.108. The zero-order valence-electron chi connectivity index (χ0n) is 10.0. The number of carbonyl (C=O) groups excluding carboxylic acids is 1. The summed E-state index contributed by atoms with van der Waals surface area (Å²) in [6, 6.07) is 5.20. The number of nitrogens with one attached hydrogen (secondary N) is 1. The van der Waals surface area contributed by atoms with Crippen LogP contribution in [0.1, 0.15) is 26.7 Å². The molecule has 0 saturated carbocycles. The van der Waals surface area contributed by atoms with Gasteiger partial charge in [-0.3, -0.25) is 4.79 Å². The summed E-state index contributed by atoms with van der Waals surface area (Å²) in [7, 11) is 0. The molecule has 0 bridgehead atoms. The smallest absolute Gasteiger partial charge is 0.371 e. The first-order valence-corrected chi connectivity index (χ1v) is 5.52. The van der Waals surface area contributed by atoms with Gasteiger partial charge in [-0.15, -0.1) is 0 Å². The van der Waals surface area contributed by atoms with Crippen LogP contribution in [-0.2, 0) is 6.54 Å². The van der Waals surface area contributed by atoms with E-state index in [1.165, 1.54) is 12.1 Å². The van der Waals surface area contributed by atoms with Crippen molar-refractivity contribution in [2.75, 3.05) is 0 Å². The summed E-state index contributed by atoms with van der Waals surface area (Å²) in [5, 5.41) is 11.0. The van der Waals surface area contributed by atoms with Crippen molar-refractivity contribution in [3.05, 3.63) is 59.1 Å². The zero-order chi connectivity index (χ0) is 14.7. The molecule has 2 N–H and O–H groups in total. The second-order valence-corrected chi connectivity index (χ2v) is 3.88. The first-order valence-electron chi connectivity index (χ1n) is 5.52. The van der Waals surface area contributed by atoms with Crippen LogP contribution in [-0.4, -0.2) is 17.0 Å². The molecule has 0 atom stereocenters. The maximum Gasteiger partial charge on any atom is 0.371 e. The van der Waals surface area contributed by atoms with E-state index in [-0.39, 0.29) is 23.6 Å². The summed E-state index contributed by atoms with van der Waals surface area (Å²) in [5.41, 5.74) is -0.309. The quantitative estimate of drug-likeness (QED) is 0.900. The van der Waals surface area contributed by atoms with Crippen LogP contribution in [0, 0.1) is 11.6 Å². The molecule has 20 heavy (non-hydrogen) atoms. The third-order valence-electron chi connectivity index (χ3n) is 2.47. The lowest BCUT2D eigenvalue weighted by molar-refractivity contribution is 0.0660. The molecule has 0 fully saturated rings. The molecule has 0 unspecified atom stereocenters. The molecular weight excluding hydrogens is 272 g/mol. The normalized spacial score (nSPS) is 10.3. The van der Waals surface area contributed by atoms with E-state index in [0.29, 0.717) is 6.07 Å². The molecule has 1 heterocycles. The largest absolute Gasteiger partial charge is 0.475 e. The molecule has 5 nitrogen and oxygen atoms in total. The van der Waals surface area contributed by atoms with Crippen molar-refractivity contribution in [3.8, 4) is 0 Å². The van der Waals surface area contributed by atoms with Crippen molar-refractivity contribution in [1.29, 1.82) is 0 Å². The lowest BCUT2D eigenvalue weighted by Gasteiger charge is -2.04. The van der Waals surface area contributed by atoms with Gasteiger partial charge < -0.3 is 14.8 Å².